The number of fused-ring (bicyclic) bond motifs is 2. The van der Waals surface area contributed by atoms with Crippen molar-refractivity contribution in [3.05, 3.63) is 65.0 Å². The average molecular weight is 463 g/mol. The highest BCUT2D eigenvalue weighted by atomic mass is 19.3. The predicted molar refractivity (Wildman–Crippen MR) is 118 cm³/mol. The third kappa shape index (κ3) is 3.26. The fourth-order valence-corrected chi connectivity index (χ4v) is 5.33. The van der Waals surface area contributed by atoms with Gasteiger partial charge < -0.3 is 14.8 Å². The molecule has 1 aromatic carbocycles. The van der Waals surface area contributed by atoms with Crippen LogP contribution in [0.25, 0.3) is 0 Å². The molecular weight excluding hydrogens is 440 g/mol. The summed E-state index contributed by atoms with van der Waals surface area (Å²) in [6.45, 7) is 0.967. The van der Waals surface area contributed by atoms with Gasteiger partial charge in [0.2, 0.25) is 0 Å². The molecule has 10 heteroatoms. The summed E-state index contributed by atoms with van der Waals surface area (Å²) in [6, 6.07) is 7.54. The number of carbonyl (C=O) groups is 1. The van der Waals surface area contributed by atoms with Crippen LogP contribution in [0.5, 0.6) is 0 Å². The van der Waals surface area contributed by atoms with Crippen LogP contribution in [0.2, 0.25) is 0 Å². The maximum Gasteiger partial charge on any atom is 0.258 e. The first-order valence-electron chi connectivity index (χ1n) is 11.3. The van der Waals surface area contributed by atoms with E-state index in [0.29, 0.717) is 30.8 Å². The van der Waals surface area contributed by atoms with Crippen LogP contribution in [0.3, 0.4) is 0 Å². The molecule has 1 N–H and O–H groups in total. The number of piperidine rings is 1. The standard InChI is InChI=1S/C24H23F2N7O/c1-31-13-28-22-20(4-5-21(22)31)30-23(34)16-8-29-33(10-16)9-14-2-3-17(6-15(14)7-27)32-11-18-19(12-32)24(18,25)26/h2-3,6,8,10,13,18-20H,4-5,9,11-12H2,1H3,(H,30,34)/t18?,19?,20-/m1/s1. The molecule has 6 rings (SSSR count). The van der Waals surface area contributed by atoms with Gasteiger partial charge in [-0.15, -0.1) is 0 Å². The zero-order valence-corrected chi connectivity index (χ0v) is 18.6. The molecule has 3 atom stereocenters. The van der Waals surface area contributed by atoms with E-state index in [9.17, 15) is 18.8 Å². The molecule has 3 heterocycles. The number of aryl methyl sites for hydroxylation is 1. The monoisotopic (exact) mass is 463 g/mol. The van der Waals surface area contributed by atoms with Crippen molar-refractivity contribution in [2.75, 3.05) is 18.0 Å². The van der Waals surface area contributed by atoms with Crippen LogP contribution in [0.4, 0.5) is 14.5 Å². The number of benzene rings is 1. The summed E-state index contributed by atoms with van der Waals surface area (Å²) in [7, 11) is 1.95. The van der Waals surface area contributed by atoms with Crippen LogP contribution in [0.1, 0.15) is 45.3 Å². The SMILES string of the molecule is Cn1cnc2c1CC[C@H]2NC(=O)c1cnn(Cc2ccc(N3CC4C(C3)C4(F)F)cc2C#N)c1. The molecule has 3 aromatic rings. The summed E-state index contributed by atoms with van der Waals surface area (Å²) < 4.78 is 30.6. The van der Waals surface area contributed by atoms with Gasteiger partial charge in [0.25, 0.3) is 11.8 Å². The van der Waals surface area contributed by atoms with Crippen LogP contribution in [-0.2, 0) is 20.0 Å². The summed E-state index contributed by atoms with van der Waals surface area (Å²) in [5, 5.41) is 17.0. The molecule has 174 valence electrons. The van der Waals surface area contributed by atoms with Gasteiger partial charge in [-0.2, -0.15) is 10.4 Å². The van der Waals surface area contributed by atoms with Gasteiger partial charge in [-0.1, -0.05) is 6.07 Å². The smallest absolute Gasteiger partial charge is 0.258 e. The normalized spacial score (nSPS) is 23.9. The van der Waals surface area contributed by atoms with Gasteiger partial charge in [-0.3, -0.25) is 9.48 Å². The highest BCUT2D eigenvalue weighted by molar-refractivity contribution is 5.94. The van der Waals surface area contributed by atoms with Gasteiger partial charge in [-0.25, -0.2) is 13.8 Å². The minimum atomic E-state index is -2.53. The van der Waals surface area contributed by atoms with Crippen molar-refractivity contribution in [2.24, 2.45) is 18.9 Å². The Morgan fingerprint density at radius 1 is 1.32 bits per heavy atom. The van der Waals surface area contributed by atoms with Crippen molar-refractivity contribution >= 4 is 11.6 Å². The number of hydrogen-bond acceptors (Lipinski definition) is 5. The number of carbonyl (C=O) groups excluding carboxylic acids is 1. The van der Waals surface area contributed by atoms with Crippen LogP contribution in [0, 0.1) is 23.2 Å². The molecule has 0 spiro atoms. The summed E-state index contributed by atoms with van der Waals surface area (Å²) in [4.78, 5) is 19.1. The highest BCUT2D eigenvalue weighted by Crippen LogP contribution is 2.59. The van der Waals surface area contributed by atoms with Gasteiger partial charge in [0.05, 0.1) is 59.8 Å². The Hall–Kier alpha value is -3.74. The molecule has 2 aromatic heterocycles. The van der Waals surface area contributed by atoms with Crippen LogP contribution >= 0.6 is 0 Å². The van der Waals surface area contributed by atoms with Crippen LogP contribution < -0.4 is 10.2 Å². The first-order valence-corrected chi connectivity index (χ1v) is 11.3. The van der Waals surface area contributed by atoms with Gasteiger partial charge in [0.1, 0.15) is 0 Å². The molecule has 0 radical (unpaired) electrons. The zero-order valence-electron chi connectivity index (χ0n) is 18.6. The third-order valence-corrected chi connectivity index (χ3v) is 7.40. The maximum atomic E-state index is 13.5. The van der Waals surface area contributed by atoms with E-state index in [1.807, 2.05) is 28.6 Å². The third-order valence-electron chi connectivity index (χ3n) is 7.40. The molecular formula is C24H23F2N7O. The maximum absolute atomic E-state index is 13.5. The molecule has 1 saturated carbocycles. The molecule has 8 nitrogen and oxygen atoms in total. The van der Waals surface area contributed by atoms with E-state index < -0.39 is 17.8 Å². The van der Waals surface area contributed by atoms with Crippen molar-refractivity contribution in [1.29, 1.82) is 5.26 Å². The van der Waals surface area contributed by atoms with Gasteiger partial charge >= 0.3 is 0 Å². The molecule has 2 unspecified atom stereocenters. The number of anilines is 1. The fraction of sp³-hybridized carbons (Fsp3) is 0.417. The lowest BCUT2D eigenvalue weighted by Crippen LogP contribution is -2.27. The number of halogens is 2. The van der Waals surface area contributed by atoms with E-state index in [1.54, 1.807) is 23.3 Å². The summed E-state index contributed by atoms with van der Waals surface area (Å²) in [6.07, 6.45) is 6.64. The Balaban J connectivity index is 1.13. The number of nitrogens with one attached hydrogen (secondary N) is 1. The number of alkyl halides is 2. The molecule has 2 fully saturated rings. The van der Waals surface area contributed by atoms with Crippen LogP contribution in [0.15, 0.2) is 36.9 Å². The molecule has 1 saturated heterocycles. The number of nitriles is 1. The summed E-state index contributed by atoms with van der Waals surface area (Å²) >= 11 is 0. The largest absolute Gasteiger partial charge is 0.370 e. The number of rotatable bonds is 5. The van der Waals surface area contributed by atoms with Crippen molar-refractivity contribution in [3.63, 3.8) is 0 Å². The van der Waals surface area contributed by atoms with Crippen molar-refractivity contribution < 1.29 is 13.6 Å². The fourth-order valence-electron chi connectivity index (χ4n) is 5.33. The lowest BCUT2D eigenvalue weighted by Gasteiger charge is -2.22. The summed E-state index contributed by atoms with van der Waals surface area (Å²) in [5.41, 5.74) is 4.52. The molecule has 1 amide bonds. The lowest BCUT2D eigenvalue weighted by molar-refractivity contribution is 0.0797. The Morgan fingerprint density at radius 3 is 2.88 bits per heavy atom. The second kappa shape index (κ2) is 7.38. The second-order valence-electron chi connectivity index (χ2n) is 9.42. The van der Waals surface area contributed by atoms with E-state index in [-0.39, 0.29) is 11.9 Å². The lowest BCUT2D eigenvalue weighted by atomic mass is 10.1. The van der Waals surface area contributed by atoms with E-state index in [2.05, 4.69) is 21.5 Å². The van der Waals surface area contributed by atoms with Crippen molar-refractivity contribution in [2.45, 2.75) is 31.4 Å². The van der Waals surface area contributed by atoms with Gasteiger partial charge in [0.15, 0.2) is 0 Å². The quantitative estimate of drug-likeness (QED) is 0.628. The first-order chi connectivity index (χ1) is 16.3. The van der Waals surface area contributed by atoms with E-state index in [0.717, 1.165) is 35.5 Å². The average Bonchev–Trinajstić information content (AvgIpc) is 3.46. The second-order valence-corrected chi connectivity index (χ2v) is 9.42. The number of aromatic nitrogens is 4. The zero-order chi connectivity index (χ0) is 23.6. The molecule has 1 aliphatic heterocycles. The molecule has 0 bridgehead atoms. The minimum absolute atomic E-state index is 0.110. The predicted octanol–water partition coefficient (Wildman–Crippen LogP) is 2.66. The Labute approximate surface area is 194 Å². The molecule has 2 aliphatic carbocycles. The van der Waals surface area contributed by atoms with Crippen molar-refractivity contribution in [1.82, 2.24) is 24.6 Å². The Kier molecular flexibility index (Phi) is 4.52. The minimum Gasteiger partial charge on any atom is -0.370 e. The topological polar surface area (TPSA) is 91.8 Å². The summed E-state index contributed by atoms with van der Waals surface area (Å²) in [5.74, 6) is -3.88. The van der Waals surface area contributed by atoms with Gasteiger partial charge in [-0.05, 0) is 30.5 Å². The van der Waals surface area contributed by atoms with Gasteiger partial charge in [0, 0.05) is 37.7 Å². The van der Waals surface area contributed by atoms with E-state index >= 15 is 0 Å². The number of imidazole rings is 1. The van der Waals surface area contributed by atoms with E-state index in [4.69, 9.17) is 0 Å². The van der Waals surface area contributed by atoms with E-state index in [1.165, 1.54) is 6.20 Å². The highest BCUT2D eigenvalue weighted by Gasteiger charge is 2.71. The van der Waals surface area contributed by atoms with Crippen LogP contribution in [-0.4, -0.2) is 44.3 Å². The number of nitrogens with zero attached hydrogens (tertiary/aromatic N) is 6. The molecule has 3 aliphatic rings. The Morgan fingerprint density at radius 2 is 2.12 bits per heavy atom. The number of amides is 1. The van der Waals surface area contributed by atoms with Crippen molar-refractivity contribution in [3.8, 4) is 6.07 Å². The number of hydrogen-bond donors (Lipinski definition) is 1. The Bertz CT molecular complexity index is 1320. The molecule has 34 heavy (non-hydrogen) atoms. The first kappa shape index (κ1) is 20.8.